The average molecular weight is 374 g/mol. The third-order valence-corrected chi connectivity index (χ3v) is 4.41. The minimum Gasteiger partial charge on any atom is -0.377 e. The smallest absolute Gasteiger partial charge is 0.328 e. The van der Waals surface area contributed by atoms with Crippen LogP contribution < -0.4 is 15.5 Å². The van der Waals surface area contributed by atoms with E-state index in [1.165, 1.54) is 18.2 Å². The van der Waals surface area contributed by atoms with Crippen LogP contribution in [0.3, 0.4) is 0 Å². The Hall–Kier alpha value is -3.27. The molecule has 0 aliphatic carbocycles. The first-order chi connectivity index (χ1) is 12.8. The Kier molecular flexibility index (Phi) is 4.91. The molecule has 0 spiro atoms. The highest BCUT2D eigenvalue weighted by atomic mass is 16.6. The molecule has 0 unspecified atom stereocenters. The number of nitrogens with zero attached hydrogens (tertiary/aromatic N) is 2. The van der Waals surface area contributed by atoms with Crippen LogP contribution in [0.1, 0.15) is 19.4 Å². The fourth-order valence-corrected chi connectivity index (χ4v) is 3.25. The van der Waals surface area contributed by atoms with Gasteiger partial charge in [-0.2, -0.15) is 0 Å². The summed E-state index contributed by atoms with van der Waals surface area (Å²) in [5.74, 6) is -1.71. The molecule has 4 amide bonds. The summed E-state index contributed by atoms with van der Waals surface area (Å²) < 4.78 is 5.51. The largest absolute Gasteiger partial charge is 0.377 e. The van der Waals surface area contributed by atoms with E-state index < -0.39 is 22.8 Å². The molecule has 1 aromatic carbocycles. The number of barbiturate groups is 1. The van der Waals surface area contributed by atoms with Crippen LogP contribution in [0.2, 0.25) is 0 Å². The van der Waals surface area contributed by atoms with E-state index in [0.29, 0.717) is 24.5 Å². The van der Waals surface area contributed by atoms with Crippen molar-refractivity contribution in [1.29, 1.82) is 0 Å². The third-order valence-electron chi connectivity index (χ3n) is 4.41. The number of morpholine rings is 1. The van der Waals surface area contributed by atoms with Gasteiger partial charge in [0.15, 0.2) is 0 Å². The van der Waals surface area contributed by atoms with Crippen molar-refractivity contribution in [3.8, 4) is 0 Å². The number of urea groups is 1. The van der Waals surface area contributed by atoms with E-state index in [4.69, 9.17) is 4.74 Å². The van der Waals surface area contributed by atoms with Crippen molar-refractivity contribution in [2.75, 3.05) is 18.1 Å². The number of anilines is 1. The maximum Gasteiger partial charge on any atom is 0.328 e. The lowest BCUT2D eigenvalue weighted by Gasteiger charge is -2.41. The summed E-state index contributed by atoms with van der Waals surface area (Å²) in [5.41, 5.74) is 0.491. The molecular weight excluding hydrogens is 356 g/mol. The Morgan fingerprint density at radius 2 is 1.74 bits per heavy atom. The number of hydrogen-bond donors (Lipinski definition) is 2. The number of ether oxygens (including phenoxy) is 1. The molecule has 2 atom stereocenters. The predicted molar refractivity (Wildman–Crippen MR) is 95.0 cm³/mol. The summed E-state index contributed by atoms with van der Waals surface area (Å²) >= 11 is 0. The zero-order valence-corrected chi connectivity index (χ0v) is 14.7. The van der Waals surface area contributed by atoms with Gasteiger partial charge in [-0.3, -0.25) is 30.3 Å². The highest BCUT2D eigenvalue weighted by Gasteiger charge is 2.31. The summed E-state index contributed by atoms with van der Waals surface area (Å²) in [6.45, 7) is 4.86. The van der Waals surface area contributed by atoms with Crippen LogP contribution in [0.15, 0.2) is 23.8 Å². The van der Waals surface area contributed by atoms with Gasteiger partial charge in [-0.1, -0.05) is 0 Å². The lowest BCUT2D eigenvalue weighted by molar-refractivity contribution is -0.384. The second kappa shape index (κ2) is 7.16. The lowest BCUT2D eigenvalue weighted by Crippen LogP contribution is -2.51. The van der Waals surface area contributed by atoms with Crippen molar-refractivity contribution in [1.82, 2.24) is 10.6 Å². The Labute approximate surface area is 154 Å². The van der Waals surface area contributed by atoms with Gasteiger partial charge in [0.05, 0.1) is 18.1 Å². The molecule has 10 heteroatoms. The van der Waals surface area contributed by atoms with Gasteiger partial charge >= 0.3 is 6.03 Å². The van der Waals surface area contributed by atoms with Crippen LogP contribution in [0.5, 0.6) is 0 Å². The number of nitrogens with one attached hydrogen (secondary N) is 2. The molecule has 2 aliphatic rings. The first kappa shape index (κ1) is 18.5. The summed E-state index contributed by atoms with van der Waals surface area (Å²) in [4.78, 5) is 47.9. The van der Waals surface area contributed by atoms with Crippen LogP contribution >= 0.6 is 0 Å². The van der Waals surface area contributed by atoms with Crippen LogP contribution in [0.25, 0.3) is 6.08 Å². The number of benzene rings is 1. The monoisotopic (exact) mass is 374 g/mol. The van der Waals surface area contributed by atoms with E-state index in [-0.39, 0.29) is 23.3 Å². The lowest BCUT2D eigenvalue weighted by atomic mass is 10.0. The number of imide groups is 2. The second-order valence-electron chi connectivity index (χ2n) is 6.44. The van der Waals surface area contributed by atoms with E-state index >= 15 is 0 Å². The van der Waals surface area contributed by atoms with E-state index in [2.05, 4.69) is 0 Å². The van der Waals surface area contributed by atoms with Gasteiger partial charge in [0.2, 0.25) is 0 Å². The van der Waals surface area contributed by atoms with Crippen molar-refractivity contribution >= 4 is 35.3 Å². The molecule has 3 rings (SSSR count). The number of nitro groups is 1. The van der Waals surface area contributed by atoms with E-state index in [9.17, 15) is 24.5 Å². The molecule has 1 aromatic rings. The number of amides is 4. The normalized spacial score (nSPS) is 23.0. The van der Waals surface area contributed by atoms with E-state index in [1.54, 1.807) is 6.07 Å². The molecule has 142 valence electrons. The summed E-state index contributed by atoms with van der Waals surface area (Å²) in [7, 11) is 0. The molecular formula is C17H18N4O6. The fraction of sp³-hybridized carbons (Fsp3) is 0.353. The maximum absolute atomic E-state index is 12.0. The van der Waals surface area contributed by atoms with E-state index in [1.807, 2.05) is 29.4 Å². The van der Waals surface area contributed by atoms with Gasteiger partial charge < -0.3 is 9.64 Å². The molecule has 2 aliphatic heterocycles. The van der Waals surface area contributed by atoms with Crippen LogP contribution in [-0.2, 0) is 14.3 Å². The quantitative estimate of drug-likeness (QED) is 0.349. The number of carbonyl (C=O) groups is 3. The molecule has 0 radical (unpaired) electrons. The standard InChI is InChI=1S/C17H18N4O6/c1-9-7-27-8-10(2)20(9)14-4-3-12(21(25)26)5-11(14)6-13-15(22)18-17(24)19-16(13)23/h3-6,9-10H,7-8H2,1-2H3,(H2,18,19,22,23,24)/t9-,10-/m1/s1. The topological polar surface area (TPSA) is 131 Å². The Balaban J connectivity index is 2.11. The zero-order valence-electron chi connectivity index (χ0n) is 14.7. The minimum absolute atomic E-state index is 0.0112. The van der Waals surface area contributed by atoms with Gasteiger partial charge in [-0.15, -0.1) is 0 Å². The highest BCUT2D eigenvalue weighted by Crippen LogP contribution is 2.32. The third kappa shape index (κ3) is 3.65. The number of nitro benzene ring substituents is 1. The molecule has 2 saturated heterocycles. The number of carbonyl (C=O) groups excluding carboxylic acids is 3. The maximum atomic E-state index is 12.0. The molecule has 0 saturated carbocycles. The van der Waals surface area contributed by atoms with Crippen molar-refractivity contribution < 1.29 is 24.0 Å². The summed E-state index contributed by atoms with van der Waals surface area (Å²) in [6, 6.07) is 3.33. The van der Waals surface area contributed by atoms with Crippen molar-refractivity contribution in [2.45, 2.75) is 25.9 Å². The predicted octanol–water partition coefficient (Wildman–Crippen LogP) is 0.958. The van der Waals surface area contributed by atoms with Crippen molar-refractivity contribution in [2.24, 2.45) is 0 Å². The van der Waals surface area contributed by atoms with Gasteiger partial charge in [-0.25, -0.2) is 4.79 Å². The van der Waals surface area contributed by atoms with Crippen molar-refractivity contribution in [3.05, 3.63) is 39.4 Å². The van der Waals surface area contributed by atoms with Gasteiger partial charge in [0.1, 0.15) is 5.57 Å². The van der Waals surface area contributed by atoms with Crippen molar-refractivity contribution in [3.63, 3.8) is 0 Å². The first-order valence-electron chi connectivity index (χ1n) is 8.31. The molecule has 2 heterocycles. The van der Waals surface area contributed by atoms with Gasteiger partial charge in [0, 0.05) is 35.5 Å². The Morgan fingerprint density at radius 3 is 2.30 bits per heavy atom. The second-order valence-corrected chi connectivity index (χ2v) is 6.44. The molecule has 10 nitrogen and oxygen atoms in total. The fourth-order valence-electron chi connectivity index (χ4n) is 3.25. The SMILES string of the molecule is C[C@@H]1COC[C@@H](C)N1c1ccc([N+](=O)[O-])cc1C=C1C(=O)NC(=O)NC1=O. The minimum atomic E-state index is -0.906. The van der Waals surface area contributed by atoms with Gasteiger partial charge in [0.25, 0.3) is 17.5 Å². The molecule has 27 heavy (non-hydrogen) atoms. The summed E-state index contributed by atoms with van der Waals surface area (Å²) in [5, 5.41) is 15.2. The van der Waals surface area contributed by atoms with Crippen LogP contribution in [0.4, 0.5) is 16.2 Å². The molecule has 2 N–H and O–H groups in total. The Morgan fingerprint density at radius 1 is 1.15 bits per heavy atom. The van der Waals surface area contributed by atoms with Crippen LogP contribution in [-0.4, -0.2) is 48.1 Å². The molecule has 0 aromatic heterocycles. The van der Waals surface area contributed by atoms with E-state index in [0.717, 1.165) is 0 Å². The van der Waals surface area contributed by atoms with Crippen LogP contribution in [0, 0.1) is 10.1 Å². The average Bonchev–Trinajstić information content (AvgIpc) is 2.58. The Bertz CT molecular complexity index is 833. The number of rotatable bonds is 3. The number of hydrogen-bond acceptors (Lipinski definition) is 7. The number of non-ortho nitro benzene ring substituents is 1. The summed E-state index contributed by atoms with van der Waals surface area (Å²) in [6.07, 6.45) is 1.26. The first-order valence-corrected chi connectivity index (χ1v) is 8.31. The van der Waals surface area contributed by atoms with Gasteiger partial charge in [-0.05, 0) is 26.0 Å². The zero-order chi connectivity index (χ0) is 19.7. The highest BCUT2D eigenvalue weighted by molar-refractivity contribution is 6.31. The molecule has 2 fully saturated rings. The molecule has 0 bridgehead atoms.